The molecule has 1 saturated heterocycles. The van der Waals surface area contributed by atoms with Crippen molar-refractivity contribution in [3.8, 4) is 0 Å². The number of nitrogens with zero attached hydrogens (tertiary/aromatic N) is 1. The van der Waals surface area contributed by atoms with E-state index in [1.807, 2.05) is 7.05 Å². The van der Waals surface area contributed by atoms with Crippen LogP contribution >= 0.6 is 0 Å². The normalized spacial score (nSPS) is 32.6. The van der Waals surface area contributed by atoms with E-state index in [1.54, 1.807) is 0 Å². The van der Waals surface area contributed by atoms with Crippen LogP contribution in [0.2, 0.25) is 0 Å². The third-order valence-corrected chi connectivity index (χ3v) is 4.06. The maximum Gasteiger partial charge on any atom is 0.0107 e. The molecule has 1 N–H and O–H groups in total. The number of hydrogen-bond donors (Lipinski definition) is 1. The molecule has 4 unspecified atom stereocenters. The molecule has 2 heteroatoms. The molecule has 2 nitrogen and oxygen atoms in total. The highest BCUT2D eigenvalue weighted by Gasteiger charge is 2.28. The Morgan fingerprint density at radius 3 is 2.53 bits per heavy atom. The van der Waals surface area contributed by atoms with Gasteiger partial charge in [-0.15, -0.1) is 0 Å². The average molecular weight is 212 g/mol. The highest BCUT2D eigenvalue weighted by Crippen LogP contribution is 2.26. The maximum absolute atomic E-state index is 3.28. The van der Waals surface area contributed by atoms with Crippen molar-refractivity contribution in [2.45, 2.75) is 52.6 Å². The molecule has 1 heterocycles. The minimum absolute atomic E-state index is 0.708. The first-order chi connectivity index (χ1) is 7.06. The summed E-state index contributed by atoms with van der Waals surface area (Å²) in [4.78, 5) is 2.70. The fraction of sp³-hybridized carbons (Fsp3) is 1.00. The molecule has 1 rings (SSSR count). The van der Waals surface area contributed by atoms with Gasteiger partial charge in [0.25, 0.3) is 0 Å². The second kappa shape index (κ2) is 5.86. The van der Waals surface area contributed by atoms with Crippen molar-refractivity contribution in [2.24, 2.45) is 11.8 Å². The molecule has 0 amide bonds. The lowest BCUT2D eigenvalue weighted by molar-refractivity contribution is 0.0646. The molecule has 0 spiro atoms. The SMILES string of the molecule is CNCC(C)C(C)N1CCC(C)CC1C. The summed E-state index contributed by atoms with van der Waals surface area (Å²) < 4.78 is 0. The molecule has 0 radical (unpaired) electrons. The molecule has 1 fully saturated rings. The van der Waals surface area contributed by atoms with Gasteiger partial charge in [0.05, 0.1) is 0 Å². The van der Waals surface area contributed by atoms with E-state index in [4.69, 9.17) is 0 Å². The average Bonchev–Trinajstić information content (AvgIpc) is 2.17. The molecule has 1 aliphatic heterocycles. The third kappa shape index (κ3) is 3.46. The van der Waals surface area contributed by atoms with Crippen LogP contribution in [0.25, 0.3) is 0 Å². The summed E-state index contributed by atoms with van der Waals surface area (Å²) in [5.74, 6) is 1.66. The topological polar surface area (TPSA) is 15.3 Å². The van der Waals surface area contributed by atoms with Crippen LogP contribution in [0.3, 0.4) is 0 Å². The first-order valence-corrected chi connectivity index (χ1v) is 6.46. The fourth-order valence-corrected chi connectivity index (χ4v) is 2.85. The van der Waals surface area contributed by atoms with Crippen molar-refractivity contribution in [3.05, 3.63) is 0 Å². The van der Waals surface area contributed by atoms with Crippen LogP contribution < -0.4 is 5.32 Å². The van der Waals surface area contributed by atoms with Crippen LogP contribution in [-0.4, -0.2) is 37.1 Å². The van der Waals surface area contributed by atoms with E-state index in [-0.39, 0.29) is 0 Å². The van der Waals surface area contributed by atoms with E-state index in [9.17, 15) is 0 Å². The van der Waals surface area contributed by atoms with Gasteiger partial charge in [-0.25, -0.2) is 0 Å². The Kier molecular flexibility index (Phi) is 5.07. The summed E-state index contributed by atoms with van der Waals surface area (Å²) in [6.45, 7) is 11.9. The first kappa shape index (κ1) is 13.0. The van der Waals surface area contributed by atoms with Crippen molar-refractivity contribution in [1.82, 2.24) is 10.2 Å². The summed E-state index contributed by atoms with van der Waals surface area (Å²) in [6.07, 6.45) is 2.75. The summed E-state index contributed by atoms with van der Waals surface area (Å²) in [6, 6.07) is 1.48. The van der Waals surface area contributed by atoms with Gasteiger partial charge in [0.2, 0.25) is 0 Å². The zero-order valence-corrected chi connectivity index (χ0v) is 11.1. The number of hydrogen-bond acceptors (Lipinski definition) is 2. The number of nitrogens with one attached hydrogen (secondary N) is 1. The van der Waals surface area contributed by atoms with E-state index < -0.39 is 0 Å². The van der Waals surface area contributed by atoms with Crippen LogP contribution in [0.1, 0.15) is 40.5 Å². The van der Waals surface area contributed by atoms with Gasteiger partial charge in [-0.05, 0) is 58.7 Å². The van der Waals surface area contributed by atoms with Crippen molar-refractivity contribution in [2.75, 3.05) is 20.1 Å². The van der Waals surface area contributed by atoms with Crippen LogP contribution in [0.4, 0.5) is 0 Å². The Labute approximate surface area is 95.4 Å². The van der Waals surface area contributed by atoms with Gasteiger partial charge in [0.1, 0.15) is 0 Å². The molecule has 90 valence electrons. The zero-order chi connectivity index (χ0) is 11.4. The molecule has 0 aromatic rings. The molecule has 0 aromatic heterocycles. The van der Waals surface area contributed by atoms with Gasteiger partial charge in [0, 0.05) is 12.1 Å². The Morgan fingerprint density at radius 1 is 1.33 bits per heavy atom. The van der Waals surface area contributed by atoms with Gasteiger partial charge >= 0.3 is 0 Å². The molecule has 0 aromatic carbocycles. The van der Waals surface area contributed by atoms with Gasteiger partial charge in [0.15, 0.2) is 0 Å². The molecule has 4 atom stereocenters. The first-order valence-electron chi connectivity index (χ1n) is 6.46. The summed E-state index contributed by atoms with van der Waals surface area (Å²) in [5, 5.41) is 3.28. The van der Waals surface area contributed by atoms with Gasteiger partial charge in [-0.3, -0.25) is 4.90 Å². The van der Waals surface area contributed by atoms with E-state index in [2.05, 4.69) is 37.9 Å². The minimum Gasteiger partial charge on any atom is -0.319 e. The highest BCUT2D eigenvalue weighted by molar-refractivity contribution is 4.83. The Balaban J connectivity index is 2.47. The minimum atomic E-state index is 0.708. The molecule has 0 aliphatic carbocycles. The lowest BCUT2D eigenvalue weighted by Crippen LogP contribution is -2.49. The fourth-order valence-electron chi connectivity index (χ4n) is 2.85. The van der Waals surface area contributed by atoms with E-state index in [0.29, 0.717) is 6.04 Å². The molecule has 15 heavy (non-hydrogen) atoms. The lowest BCUT2D eigenvalue weighted by atomic mass is 9.90. The van der Waals surface area contributed by atoms with E-state index in [1.165, 1.54) is 19.4 Å². The molecule has 1 aliphatic rings. The zero-order valence-electron chi connectivity index (χ0n) is 11.1. The highest BCUT2D eigenvalue weighted by atomic mass is 15.2. The third-order valence-electron chi connectivity index (χ3n) is 4.06. The number of piperidine rings is 1. The van der Waals surface area contributed by atoms with Crippen molar-refractivity contribution in [3.63, 3.8) is 0 Å². The predicted octanol–water partition coefficient (Wildman–Crippen LogP) is 2.35. The van der Waals surface area contributed by atoms with Gasteiger partial charge in [-0.2, -0.15) is 0 Å². The second-order valence-corrected chi connectivity index (χ2v) is 5.49. The smallest absolute Gasteiger partial charge is 0.0107 e. The Morgan fingerprint density at radius 2 is 2.00 bits per heavy atom. The Bertz CT molecular complexity index is 181. The van der Waals surface area contributed by atoms with Crippen LogP contribution in [0, 0.1) is 11.8 Å². The van der Waals surface area contributed by atoms with Gasteiger partial charge in [-0.1, -0.05) is 13.8 Å². The van der Waals surface area contributed by atoms with Crippen LogP contribution in [0.5, 0.6) is 0 Å². The largest absolute Gasteiger partial charge is 0.319 e. The quantitative estimate of drug-likeness (QED) is 0.769. The Hall–Kier alpha value is -0.0800. The van der Waals surface area contributed by atoms with Crippen LogP contribution in [-0.2, 0) is 0 Å². The summed E-state index contributed by atoms with van der Waals surface area (Å²) in [5.41, 5.74) is 0. The van der Waals surface area contributed by atoms with E-state index in [0.717, 1.165) is 24.4 Å². The van der Waals surface area contributed by atoms with E-state index >= 15 is 0 Å². The monoisotopic (exact) mass is 212 g/mol. The summed E-state index contributed by atoms with van der Waals surface area (Å²) >= 11 is 0. The van der Waals surface area contributed by atoms with Gasteiger partial charge < -0.3 is 5.32 Å². The maximum atomic E-state index is 3.28. The molecular formula is C13H28N2. The standard InChI is InChI=1S/C13H28N2/c1-10-6-7-15(12(3)8-10)13(4)11(2)9-14-5/h10-14H,6-9H2,1-5H3. The molecule has 0 saturated carbocycles. The number of rotatable bonds is 4. The molecule has 0 bridgehead atoms. The van der Waals surface area contributed by atoms with Crippen molar-refractivity contribution in [1.29, 1.82) is 0 Å². The lowest BCUT2D eigenvalue weighted by Gasteiger charge is -2.42. The second-order valence-electron chi connectivity index (χ2n) is 5.49. The van der Waals surface area contributed by atoms with Crippen LogP contribution in [0.15, 0.2) is 0 Å². The predicted molar refractivity (Wildman–Crippen MR) is 67.1 cm³/mol. The van der Waals surface area contributed by atoms with Crippen molar-refractivity contribution < 1.29 is 0 Å². The number of likely N-dealkylation sites (tertiary alicyclic amines) is 1. The van der Waals surface area contributed by atoms with Crippen molar-refractivity contribution >= 4 is 0 Å². The molecular weight excluding hydrogens is 184 g/mol. The summed E-state index contributed by atoms with van der Waals surface area (Å²) in [7, 11) is 2.05.